The van der Waals surface area contributed by atoms with Gasteiger partial charge in [0, 0.05) is 5.02 Å². The highest BCUT2D eigenvalue weighted by Gasteiger charge is 2.24. The van der Waals surface area contributed by atoms with Crippen LogP contribution in [-0.4, -0.2) is 4.98 Å². The van der Waals surface area contributed by atoms with Crippen LogP contribution in [0.1, 0.15) is 18.2 Å². The molecular formula is C14H13ClF2N2. The van der Waals surface area contributed by atoms with E-state index in [4.69, 9.17) is 17.3 Å². The fourth-order valence-corrected chi connectivity index (χ4v) is 2.10. The van der Waals surface area contributed by atoms with Crippen molar-refractivity contribution < 1.29 is 8.78 Å². The highest BCUT2D eigenvalue weighted by Crippen LogP contribution is 2.26. The summed E-state index contributed by atoms with van der Waals surface area (Å²) in [6.45, 7) is 1.77. The number of benzene rings is 1. The van der Waals surface area contributed by atoms with Gasteiger partial charge in [0.25, 0.3) is 0 Å². The Balaban J connectivity index is 2.27. The molecule has 0 fully saturated rings. The lowest BCUT2D eigenvalue weighted by molar-refractivity contribution is 0.472. The first kappa shape index (κ1) is 13.9. The first-order valence-corrected chi connectivity index (χ1v) is 6.11. The van der Waals surface area contributed by atoms with Crippen LogP contribution in [0.5, 0.6) is 0 Å². The predicted molar refractivity (Wildman–Crippen MR) is 70.8 cm³/mol. The molecule has 1 unspecified atom stereocenters. The summed E-state index contributed by atoms with van der Waals surface area (Å²) in [5, 5.41) is 0.318. The van der Waals surface area contributed by atoms with Crippen molar-refractivity contribution in [2.75, 3.05) is 0 Å². The van der Waals surface area contributed by atoms with Crippen molar-refractivity contribution >= 4 is 11.6 Å². The quantitative estimate of drug-likeness (QED) is 0.937. The second-order valence-electron chi connectivity index (χ2n) is 4.69. The smallest absolute Gasteiger partial charge is 0.141 e. The Morgan fingerprint density at radius 2 is 1.89 bits per heavy atom. The number of pyridine rings is 1. The van der Waals surface area contributed by atoms with E-state index in [0.717, 1.165) is 11.8 Å². The van der Waals surface area contributed by atoms with E-state index in [2.05, 4.69) is 4.98 Å². The van der Waals surface area contributed by atoms with Crippen LogP contribution in [0.25, 0.3) is 0 Å². The number of nitrogens with two attached hydrogens (primary N) is 1. The number of hydrogen-bond donors (Lipinski definition) is 1. The van der Waals surface area contributed by atoms with Gasteiger partial charge in [-0.05, 0) is 43.2 Å². The van der Waals surface area contributed by atoms with Gasteiger partial charge in [0.05, 0.1) is 17.4 Å². The highest BCUT2D eigenvalue weighted by atomic mass is 35.5. The minimum atomic E-state index is -0.810. The molecule has 0 saturated heterocycles. The van der Waals surface area contributed by atoms with Gasteiger partial charge in [-0.3, -0.25) is 4.98 Å². The van der Waals surface area contributed by atoms with E-state index in [1.165, 1.54) is 24.3 Å². The van der Waals surface area contributed by atoms with Crippen LogP contribution >= 0.6 is 11.6 Å². The summed E-state index contributed by atoms with van der Waals surface area (Å²) in [7, 11) is 0. The third-order valence-corrected chi connectivity index (χ3v) is 3.24. The lowest BCUT2D eigenvalue weighted by atomic mass is 9.90. The zero-order chi connectivity index (χ0) is 14.0. The minimum absolute atomic E-state index is 0.318. The number of halogens is 3. The van der Waals surface area contributed by atoms with Crippen molar-refractivity contribution in [1.82, 2.24) is 4.98 Å². The third-order valence-electron chi connectivity index (χ3n) is 2.89. The maximum Gasteiger partial charge on any atom is 0.141 e. The van der Waals surface area contributed by atoms with E-state index in [0.29, 0.717) is 17.1 Å². The molecule has 19 heavy (non-hydrogen) atoms. The summed E-state index contributed by atoms with van der Waals surface area (Å²) in [5.41, 5.74) is 6.65. The standard InChI is InChI=1S/C14H13ClF2N2/c1-14(18,13-5-4-11(17)8-19-13)7-9-2-3-10(16)6-12(9)15/h2-6,8H,7,18H2,1H3. The average Bonchev–Trinajstić information content (AvgIpc) is 2.33. The molecule has 1 aromatic heterocycles. The summed E-state index contributed by atoms with van der Waals surface area (Å²) in [4.78, 5) is 3.98. The van der Waals surface area contributed by atoms with Crippen molar-refractivity contribution in [2.45, 2.75) is 18.9 Å². The number of nitrogens with zero attached hydrogens (tertiary/aromatic N) is 1. The lowest BCUT2D eigenvalue weighted by Crippen LogP contribution is -2.36. The molecule has 0 radical (unpaired) electrons. The molecule has 5 heteroatoms. The van der Waals surface area contributed by atoms with Crippen molar-refractivity contribution in [3.63, 3.8) is 0 Å². The fraction of sp³-hybridized carbons (Fsp3) is 0.214. The summed E-state index contributed by atoms with van der Waals surface area (Å²) < 4.78 is 25.8. The second kappa shape index (κ2) is 5.23. The molecule has 1 aromatic carbocycles. The zero-order valence-corrected chi connectivity index (χ0v) is 11.1. The number of hydrogen-bond acceptors (Lipinski definition) is 2. The maximum atomic E-state index is 13.0. The molecule has 2 nitrogen and oxygen atoms in total. The molecule has 0 spiro atoms. The molecule has 1 atom stereocenters. The first-order valence-electron chi connectivity index (χ1n) is 5.73. The molecule has 0 bridgehead atoms. The number of rotatable bonds is 3. The summed E-state index contributed by atoms with van der Waals surface area (Å²) in [6, 6.07) is 7.00. The van der Waals surface area contributed by atoms with E-state index < -0.39 is 17.2 Å². The van der Waals surface area contributed by atoms with Crippen LogP contribution in [0.2, 0.25) is 5.02 Å². The van der Waals surface area contributed by atoms with Gasteiger partial charge >= 0.3 is 0 Å². The van der Waals surface area contributed by atoms with Gasteiger partial charge in [0.2, 0.25) is 0 Å². The largest absolute Gasteiger partial charge is 0.320 e. The Kier molecular flexibility index (Phi) is 3.83. The van der Waals surface area contributed by atoms with Crippen molar-refractivity contribution in [3.8, 4) is 0 Å². The average molecular weight is 283 g/mol. The molecule has 2 rings (SSSR count). The van der Waals surface area contributed by atoms with Gasteiger partial charge in [0.15, 0.2) is 0 Å². The first-order chi connectivity index (χ1) is 8.88. The van der Waals surface area contributed by atoms with E-state index >= 15 is 0 Å². The maximum absolute atomic E-state index is 13.0. The van der Waals surface area contributed by atoms with Crippen molar-refractivity contribution in [2.24, 2.45) is 5.73 Å². The molecule has 0 saturated carbocycles. The van der Waals surface area contributed by atoms with E-state index in [1.807, 2.05) is 0 Å². The molecule has 100 valence electrons. The lowest BCUT2D eigenvalue weighted by Gasteiger charge is -2.24. The molecule has 0 aliphatic carbocycles. The molecular weight excluding hydrogens is 270 g/mol. The second-order valence-corrected chi connectivity index (χ2v) is 5.10. The van der Waals surface area contributed by atoms with E-state index in [1.54, 1.807) is 13.0 Å². The van der Waals surface area contributed by atoms with Gasteiger partial charge in [-0.1, -0.05) is 17.7 Å². The minimum Gasteiger partial charge on any atom is -0.320 e. The summed E-state index contributed by atoms with van der Waals surface area (Å²) >= 11 is 5.97. The molecule has 0 aliphatic heterocycles. The highest BCUT2D eigenvalue weighted by molar-refractivity contribution is 6.31. The Labute approximate surface area is 115 Å². The topological polar surface area (TPSA) is 38.9 Å². The van der Waals surface area contributed by atoms with Gasteiger partial charge < -0.3 is 5.73 Å². The molecule has 2 aromatic rings. The Morgan fingerprint density at radius 3 is 2.47 bits per heavy atom. The van der Waals surface area contributed by atoms with Gasteiger partial charge in [0.1, 0.15) is 11.6 Å². The van der Waals surface area contributed by atoms with Crippen molar-refractivity contribution in [1.29, 1.82) is 0 Å². The van der Waals surface area contributed by atoms with Gasteiger partial charge in [-0.25, -0.2) is 8.78 Å². The summed E-state index contributed by atoms with van der Waals surface area (Å²) in [5.74, 6) is -0.813. The molecule has 0 aliphatic rings. The zero-order valence-electron chi connectivity index (χ0n) is 10.3. The van der Waals surface area contributed by atoms with Gasteiger partial charge in [-0.15, -0.1) is 0 Å². The molecule has 0 amide bonds. The van der Waals surface area contributed by atoms with E-state index in [-0.39, 0.29) is 0 Å². The molecule has 2 N–H and O–H groups in total. The van der Waals surface area contributed by atoms with Gasteiger partial charge in [-0.2, -0.15) is 0 Å². The van der Waals surface area contributed by atoms with Crippen LogP contribution in [0, 0.1) is 11.6 Å². The third kappa shape index (κ3) is 3.28. The van der Waals surface area contributed by atoms with Crippen LogP contribution in [0.15, 0.2) is 36.5 Å². The number of aromatic nitrogens is 1. The van der Waals surface area contributed by atoms with Crippen molar-refractivity contribution in [3.05, 3.63) is 64.4 Å². The van der Waals surface area contributed by atoms with Crippen LogP contribution in [-0.2, 0) is 12.0 Å². The van der Waals surface area contributed by atoms with E-state index in [9.17, 15) is 8.78 Å². The predicted octanol–water partition coefficient (Wildman–Crippen LogP) is 3.43. The Hall–Kier alpha value is -1.52. The normalized spacial score (nSPS) is 14.2. The Bertz CT molecular complexity index is 582. The SMILES string of the molecule is CC(N)(Cc1ccc(F)cc1Cl)c1ccc(F)cn1. The fourth-order valence-electron chi connectivity index (χ4n) is 1.86. The monoisotopic (exact) mass is 282 g/mol. The molecule has 1 heterocycles. The summed E-state index contributed by atoms with van der Waals surface area (Å²) in [6.07, 6.45) is 1.50. The Morgan fingerprint density at radius 1 is 1.21 bits per heavy atom. The van der Waals surface area contributed by atoms with Crippen LogP contribution in [0.3, 0.4) is 0 Å². The van der Waals surface area contributed by atoms with Crippen LogP contribution in [0.4, 0.5) is 8.78 Å². The van der Waals surface area contributed by atoms with Crippen LogP contribution < -0.4 is 5.73 Å².